The second-order valence-electron chi connectivity index (χ2n) is 4.24. The van der Waals surface area contributed by atoms with Crippen LogP contribution in [-0.2, 0) is 13.2 Å². The van der Waals surface area contributed by atoms with Gasteiger partial charge in [-0.1, -0.05) is 18.5 Å². The molecule has 6 nitrogen and oxygen atoms in total. The van der Waals surface area contributed by atoms with Crippen LogP contribution in [-0.4, -0.2) is 14.5 Å². The molecular weight excluding hydrogens is 282 g/mol. The monoisotopic (exact) mass is 295 g/mol. The minimum atomic E-state index is -0.482. The van der Waals surface area contributed by atoms with Gasteiger partial charge in [-0.05, 0) is 12.5 Å². The number of non-ortho nitro benzene ring substituents is 1. The van der Waals surface area contributed by atoms with Crippen LogP contribution in [0.2, 0.25) is 5.02 Å². The molecule has 0 unspecified atom stereocenters. The van der Waals surface area contributed by atoms with E-state index in [4.69, 9.17) is 16.3 Å². The Labute approximate surface area is 121 Å². The second-order valence-corrected chi connectivity index (χ2v) is 4.65. The highest BCUT2D eigenvalue weighted by atomic mass is 35.5. The Bertz CT molecular complexity index is 613. The first kappa shape index (κ1) is 14.3. The molecule has 0 saturated carbocycles. The molecule has 2 rings (SSSR count). The lowest BCUT2D eigenvalue weighted by molar-refractivity contribution is -0.384. The van der Waals surface area contributed by atoms with Crippen molar-refractivity contribution in [1.82, 2.24) is 9.55 Å². The maximum atomic E-state index is 10.7. The number of rotatable bonds is 6. The van der Waals surface area contributed by atoms with Gasteiger partial charge in [0.15, 0.2) is 0 Å². The molecule has 0 radical (unpaired) electrons. The number of halogens is 1. The molecular formula is C13H14ClN3O3. The fourth-order valence-electron chi connectivity index (χ4n) is 1.78. The minimum Gasteiger partial charge on any atom is -0.485 e. The number of imidazole rings is 1. The van der Waals surface area contributed by atoms with Gasteiger partial charge >= 0.3 is 0 Å². The summed E-state index contributed by atoms with van der Waals surface area (Å²) in [6, 6.07) is 4.12. The summed E-state index contributed by atoms with van der Waals surface area (Å²) in [5, 5.41) is 11.1. The van der Waals surface area contributed by atoms with Crippen molar-refractivity contribution < 1.29 is 9.66 Å². The Morgan fingerprint density at radius 1 is 1.50 bits per heavy atom. The molecule has 0 bridgehead atoms. The third-order valence-electron chi connectivity index (χ3n) is 2.76. The zero-order chi connectivity index (χ0) is 14.5. The molecule has 0 atom stereocenters. The Kier molecular flexibility index (Phi) is 4.57. The number of hydrogen-bond donors (Lipinski definition) is 0. The van der Waals surface area contributed by atoms with E-state index in [0.29, 0.717) is 10.8 Å². The van der Waals surface area contributed by atoms with E-state index < -0.39 is 4.92 Å². The normalized spacial score (nSPS) is 10.5. The number of aryl methyl sites for hydroxylation is 1. The van der Waals surface area contributed by atoms with Gasteiger partial charge in [-0.2, -0.15) is 0 Å². The predicted octanol–water partition coefficient (Wildman–Crippen LogP) is 3.43. The lowest BCUT2D eigenvalue weighted by Crippen LogP contribution is -2.05. The van der Waals surface area contributed by atoms with Crippen molar-refractivity contribution in [2.75, 3.05) is 0 Å². The van der Waals surface area contributed by atoms with E-state index in [9.17, 15) is 10.1 Å². The van der Waals surface area contributed by atoms with Crippen LogP contribution >= 0.6 is 11.6 Å². The van der Waals surface area contributed by atoms with Gasteiger partial charge in [-0.15, -0.1) is 0 Å². The molecule has 1 aromatic carbocycles. The van der Waals surface area contributed by atoms with Crippen LogP contribution in [0.1, 0.15) is 19.0 Å². The van der Waals surface area contributed by atoms with E-state index in [2.05, 4.69) is 11.9 Å². The van der Waals surface area contributed by atoms with Crippen LogP contribution in [0, 0.1) is 10.1 Å². The average molecular weight is 296 g/mol. The summed E-state index contributed by atoms with van der Waals surface area (Å²) in [4.78, 5) is 14.3. The predicted molar refractivity (Wildman–Crippen MR) is 75.0 cm³/mol. The Morgan fingerprint density at radius 3 is 3.00 bits per heavy atom. The third-order valence-corrected chi connectivity index (χ3v) is 3.08. The summed E-state index contributed by atoms with van der Waals surface area (Å²) in [5.41, 5.74) is 0.848. The highest BCUT2D eigenvalue weighted by Gasteiger charge is 2.11. The average Bonchev–Trinajstić information content (AvgIpc) is 2.85. The topological polar surface area (TPSA) is 70.2 Å². The lowest BCUT2D eigenvalue weighted by atomic mass is 10.3. The molecule has 0 aliphatic rings. The first-order valence-corrected chi connectivity index (χ1v) is 6.55. The number of nitrogens with zero attached hydrogens (tertiary/aromatic N) is 3. The smallest absolute Gasteiger partial charge is 0.273 e. The SMILES string of the molecule is CCCn1cncc1COc1cc([N+](=O)[O-])ccc1Cl. The molecule has 0 N–H and O–H groups in total. The highest BCUT2D eigenvalue weighted by Crippen LogP contribution is 2.29. The lowest BCUT2D eigenvalue weighted by Gasteiger charge is -2.10. The quantitative estimate of drug-likeness (QED) is 0.604. The first-order valence-electron chi connectivity index (χ1n) is 6.17. The van der Waals surface area contributed by atoms with E-state index in [-0.39, 0.29) is 12.3 Å². The molecule has 7 heteroatoms. The van der Waals surface area contributed by atoms with Crippen molar-refractivity contribution in [1.29, 1.82) is 0 Å². The largest absolute Gasteiger partial charge is 0.485 e. The third kappa shape index (κ3) is 3.27. The molecule has 0 aliphatic carbocycles. The summed E-state index contributed by atoms with van der Waals surface area (Å²) in [5.74, 6) is 0.296. The summed E-state index contributed by atoms with van der Waals surface area (Å²) in [6.07, 6.45) is 4.43. The Morgan fingerprint density at radius 2 is 2.30 bits per heavy atom. The fourth-order valence-corrected chi connectivity index (χ4v) is 1.95. The number of aromatic nitrogens is 2. The van der Waals surface area contributed by atoms with Crippen LogP contribution in [0.5, 0.6) is 5.75 Å². The number of nitro groups is 1. The van der Waals surface area contributed by atoms with Gasteiger partial charge < -0.3 is 9.30 Å². The van der Waals surface area contributed by atoms with Gasteiger partial charge in [-0.25, -0.2) is 4.98 Å². The number of hydrogen-bond acceptors (Lipinski definition) is 4. The van der Waals surface area contributed by atoms with Crippen LogP contribution < -0.4 is 4.74 Å². The zero-order valence-electron chi connectivity index (χ0n) is 11.0. The molecule has 1 aromatic heterocycles. The van der Waals surface area contributed by atoms with E-state index in [1.165, 1.54) is 18.2 Å². The molecule has 0 spiro atoms. The number of nitro benzene ring substituents is 1. The zero-order valence-corrected chi connectivity index (χ0v) is 11.7. The van der Waals surface area contributed by atoms with Crippen molar-refractivity contribution in [2.45, 2.75) is 26.5 Å². The second kappa shape index (κ2) is 6.38. The molecule has 1 heterocycles. The van der Waals surface area contributed by atoms with Crippen molar-refractivity contribution in [2.24, 2.45) is 0 Å². The summed E-state index contributed by atoms with van der Waals surface area (Å²) < 4.78 is 7.54. The molecule has 106 valence electrons. The molecule has 0 aliphatic heterocycles. The molecule has 0 fully saturated rings. The van der Waals surface area contributed by atoms with Gasteiger partial charge in [0.25, 0.3) is 5.69 Å². The van der Waals surface area contributed by atoms with E-state index in [0.717, 1.165) is 18.7 Å². The molecule has 20 heavy (non-hydrogen) atoms. The van der Waals surface area contributed by atoms with Crippen molar-refractivity contribution in [3.63, 3.8) is 0 Å². The van der Waals surface area contributed by atoms with Crippen LogP contribution in [0.15, 0.2) is 30.7 Å². The van der Waals surface area contributed by atoms with Gasteiger partial charge in [0.05, 0.1) is 34.2 Å². The maximum Gasteiger partial charge on any atom is 0.273 e. The molecule has 0 saturated heterocycles. The van der Waals surface area contributed by atoms with E-state index in [1.807, 2.05) is 4.57 Å². The minimum absolute atomic E-state index is 0.0496. The van der Waals surface area contributed by atoms with E-state index in [1.54, 1.807) is 12.5 Å². The van der Waals surface area contributed by atoms with Gasteiger partial charge in [0.1, 0.15) is 12.4 Å². The Hall–Kier alpha value is -2.08. The number of ether oxygens (including phenoxy) is 1. The van der Waals surface area contributed by atoms with Crippen LogP contribution in [0.25, 0.3) is 0 Å². The first-order chi connectivity index (χ1) is 9.61. The van der Waals surface area contributed by atoms with Crippen molar-refractivity contribution in [3.8, 4) is 5.75 Å². The summed E-state index contributed by atoms with van der Waals surface area (Å²) >= 11 is 5.97. The highest BCUT2D eigenvalue weighted by molar-refractivity contribution is 6.32. The van der Waals surface area contributed by atoms with Gasteiger partial charge in [0, 0.05) is 12.6 Å². The Balaban J connectivity index is 2.12. The summed E-state index contributed by atoms with van der Waals surface area (Å²) in [7, 11) is 0. The molecule has 0 amide bonds. The fraction of sp³-hybridized carbons (Fsp3) is 0.308. The van der Waals surface area contributed by atoms with Crippen LogP contribution in [0.3, 0.4) is 0 Å². The van der Waals surface area contributed by atoms with Crippen molar-refractivity contribution in [3.05, 3.63) is 51.6 Å². The summed E-state index contributed by atoms with van der Waals surface area (Å²) in [6.45, 7) is 3.18. The van der Waals surface area contributed by atoms with E-state index >= 15 is 0 Å². The van der Waals surface area contributed by atoms with Gasteiger partial charge in [-0.3, -0.25) is 10.1 Å². The van der Waals surface area contributed by atoms with Gasteiger partial charge in [0.2, 0.25) is 0 Å². The standard InChI is InChI=1S/C13H14ClN3O3/c1-2-5-16-9-15-7-11(16)8-20-13-6-10(17(18)19)3-4-12(13)14/h3-4,6-7,9H,2,5,8H2,1H3. The maximum absolute atomic E-state index is 10.7. The number of benzene rings is 1. The molecule has 2 aromatic rings. The van der Waals surface area contributed by atoms with Crippen LogP contribution in [0.4, 0.5) is 5.69 Å². The van der Waals surface area contributed by atoms with Crippen molar-refractivity contribution >= 4 is 17.3 Å².